The molecule has 3 fully saturated rings. The lowest BCUT2D eigenvalue weighted by molar-refractivity contribution is 0.135. The minimum atomic E-state index is 0.179. The Kier molecular flexibility index (Phi) is 6.70. The number of ether oxygens (including phenoxy) is 2. The standard InChI is InChI=1S/C29H34ClN9O2/c1-40-25-14-20-22(15-26(25)41-2)32-16-33-27(20)39-28(31)35-29(36-39)34-19-5-6-23(21(30)13-19)37-7-9-38(10-8-37)24-12-17-3-4-18(24)11-17/h5-6,13-18,24H,3-4,7-12H2,1-2H3,(H3,31,34,35,36). The molecule has 2 aromatic carbocycles. The molecule has 0 radical (unpaired) electrons. The van der Waals surface area contributed by atoms with Gasteiger partial charge in [0.15, 0.2) is 17.3 Å². The number of nitrogens with two attached hydrogens (primary N) is 1. The van der Waals surface area contributed by atoms with Crippen LogP contribution in [0.3, 0.4) is 0 Å². The molecule has 2 aromatic heterocycles. The van der Waals surface area contributed by atoms with E-state index in [1.807, 2.05) is 12.1 Å². The molecule has 214 valence electrons. The molecule has 3 heterocycles. The lowest BCUT2D eigenvalue weighted by Gasteiger charge is -2.42. The van der Waals surface area contributed by atoms with Gasteiger partial charge in [0.25, 0.3) is 0 Å². The van der Waals surface area contributed by atoms with E-state index in [0.29, 0.717) is 39.2 Å². The Labute approximate surface area is 243 Å². The SMILES string of the molecule is COc1cc2ncnc(-n3nc(Nc4ccc(N5CCN(C6CC7CCC6C7)CC5)c(Cl)c4)nc3N)c2cc1OC. The van der Waals surface area contributed by atoms with Gasteiger partial charge < -0.3 is 25.4 Å². The Morgan fingerprint density at radius 3 is 2.49 bits per heavy atom. The molecular formula is C29H34ClN9O2. The number of fused-ring (bicyclic) bond motifs is 3. The number of benzene rings is 2. The highest BCUT2D eigenvalue weighted by atomic mass is 35.5. The highest BCUT2D eigenvalue weighted by Gasteiger charge is 2.42. The van der Waals surface area contributed by atoms with Gasteiger partial charge in [0.05, 0.1) is 30.4 Å². The van der Waals surface area contributed by atoms with E-state index in [9.17, 15) is 0 Å². The molecular weight excluding hydrogens is 542 g/mol. The van der Waals surface area contributed by atoms with Crippen molar-refractivity contribution < 1.29 is 9.47 Å². The van der Waals surface area contributed by atoms with Crippen LogP contribution in [-0.2, 0) is 0 Å². The van der Waals surface area contributed by atoms with Gasteiger partial charge >= 0.3 is 0 Å². The number of aromatic nitrogens is 5. The van der Waals surface area contributed by atoms with Gasteiger partial charge in [0.1, 0.15) is 6.33 Å². The molecule has 4 aromatic rings. The third-order valence-electron chi connectivity index (χ3n) is 8.98. The molecule has 2 bridgehead atoms. The number of nitrogens with one attached hydrogen (secondary N) is 1. The Balaban J connectivity index is 1.06. The first kappa shape index (κ1) is 26.1. The van der Waals surface area contributed by atoms with Gasteiger partial charge in [0.2, 0.25) is 11.9 Å². The molecule has 12 heteroatoms. The van der Waals surface area contributed by atoms with Gasteiger partial charge in [-0.05, 0) is 55.4 Å². The first-order valence-electron chi connectivity index (χ1n) is 14.2. The van der Waals surface area contributed by atoms with Crippen molar-refractivity contribution in [2.24, 2.45) is 11.8 Å². The van der Waals surface area contributed by atoms with Crippen molar-refractivity contribution in [3.8, 4) is 17.3 Å². The van der Waals surface area contributed by atoms with Crippen LogP contribution in [0.1, 0.15) is 25.7 Å². The smallest absolute Gasteiger partial charge is 0.248 e. The summed E-state index contributed by atoms with van der Waals surface area (Å²) in [6.45, 7) is 4.18. The molecule has 1 aliphatic heterocycles. The van der Waals surface area contributed by atoms with Crippen LogP contribution in [0, 0.1) is 11.8 Å². The largest absolute Gasteiger partial charge is 0.493 e. The van der Waals surface area contributed by atoms with Crippen LogP contribution < -0.4 is 25.4 Å². The summed E-state index contributed by atoms with van der Waals surface area (Å²) in [5, 5.41) is 9.20. The summed E-state index contributed by atoms with van der Waals surface area (Å²) in [6.07, 6.45) is 7.17. The maximum atomic E-state index is 6.79. The molecule has 2 saturated carbocycles. The summed E-state index contributed by atoms with van der Waals surface area (Å²) in [6, 6.07) is 10.4. The van der Waals surface area contributed by atoms with Gasteiger partial charge in [-0.2, -0.15) is 9.67 Å². The lowest BCUT2D eigenvalue weighted by Crippen LogP contribution is -2.51. The van der Waals surface area contributed by atoms with Gasteiger partial charge in [-0.3, -0.25) is 4.90 Å². The van der Waals surface area contributed by atoms with Crippen molar-refractivity contribution in [3.05, 3.63) is 41.7 Å². The topological polar surface area (TPSA) is 119 Å². The number of halogens is 1. The van der Waals surface area contributed by atoms with E-state index in [2.05, 4.69) is 41.2 Å². The second kappa shape index (κ2) is 10.5. The molecule has 2 aliphatic carbocycles. The Morgan fingerprint density at radius 2 is 1.78 bits per heavy atom. The van der Waals surface area contributed by atoms with E-state index in [1.165, 1.54) is 36.7 Å². The highest BCUT2D eigenvalue weighted by Crippen LogP contribution is 2.47. The summed E-state index contributed by atoms with van der Waals surface area (Å²) in [4.78, 5) is 18.3. The van der Waals surface area contributed by atoms with E-state index in [4.69, 9.17) is 26.8 Å². The van der Waals surface area contributed by atoms with Crippen LogP contribution in [0.4, 0.5) is 23.3 Å². The molecule has 3 atom stereocenters. The monoisotopic (exact) mass is 575 g/mol. The second-order valence-corrected chi connectivity index (χ2v) is 11.6. The number of rotatable bonds is 7. The summed E-state index contributed by atoms with van der Waals surface area (Å²) in [5.74, 6) is 4.01. The fraction of sp³-hybridized carbons (Fsp3) is 0.448. The fourth-order valence-electron chi connectivity index (χ4n) is 6.99. The Morgan fingerprint density at radius 1 is 0.976 bits per heavy atom. The normalized spacial score (nSPS) is 22.4. The van der Waals surface area contributed by atoms with Gasteiger partial charge in [0, 0.05) is 49.4 Å². The van der Waals surface area contributed by atoms with E-state index in [-0.39, 0.29) is 5.95 Å². The molecule has 3 N–H and O–H groups in total. The molecule has 0 spiro atoms. The van der Waals surface area contributed by atoms with Crippen molar-refractivity contribution in [1.29, 1.82) is 0 Å². The molecule has 0 amide bonds. The molecule has 3 unspecified atom stereocenters. The third kappa shape index (κ3) is 4.76. The number of anilines is 4. The number of piperazine rings is 1. The quantitative estimate of drug-likeness (QED) is 0.325. The third-order valence-corrected chi connectivity index (χ3v) is 9.28. The molecule has 41 heavy (non-hydrogen) atoms. The van der Waals surface area contributed by atoms with Crippen molar-refractivity contribution in [2.75, 3.05) is 56.3 Å². The zero-order valence-corrected chi connectivity index (χ0v) is 24.0. The van der Waals surface area contributed by atoms with Crippen LogP contribution >= 0.6 is 11.6 Å². The maximum absolute atomic E-state index is 6.79. The number of hydrogen-bond acceptors (Lipinski definition) is 10. The molecule has 11 nitrogen and oxygen atoms in total. The zero-order valence-electron chi connectivity index (χ0n) is 23.3. The summed E-state index contributed by atoms with van der Waals surface area (Å²) >= 11 is 6.79. The fourth-order valence-corrected chi connectivity index (χ4v) is 7.29. The van der Waals surface area contributed by atoms with E-state index in [1.54, 1.807) is 26.4 Å². The second-order valence-electron chi connectivity index (χ2n) is 11.2. The first-order valence-corrected chi connectivity index (χ1v) is 14.5. The first-order chi connectivity index (χ1) is 20.0. The van der Waals surface area contributed by atoms with Crippen molar-refractivity contribution in [2.45, 2.75) is 31.7 Å². The van der Waals surface area contributed by atoms with E-state index < -0.39 is 0 Å². The van der Waals surface area contributed by atoms with Crippen LogP contribution in [-0.4, -0.2) is 76.1 Å². The van der Waals surface area contributed by atoms with Crippen LogP contribution in [0.2, 0.25) is 5.02 Å². The minimum Gasteiger partial charge on any atom is -0.493 e. The summed E-state index contributed by atoms with van der Waals surface area (Å²) in [7, 11) is 3.16. The van der Waals surface area contributed by atoms with Crippen molar-refractivity contribution in [1.82, 2.24) is 29.6 Å². The highest BCUT2D eigenvalue weighted by molar-refractivity contribution is 6.33. The molecule has 3 aliphatic rings. The number of hydrogen-bond donors (Lipinski definition) is 2. The van der Waals surface area contributed by atoms with Crippen molar-refractivity contribution >= 4 is 45.8 Å². The molecule has 7 rings (SSSR count). The summed E-state index contributed by atoms with van der Waals surface area (Å²) < 4.78 is 12.3. The average molecular weight is 576 g/mol. The number of nitrogens with zero attached hydrogens (tertiary/aromatic N) is 7. The van der Waals surface area contributed by atoms with E-state index in [0.717, 1.165) is 55.4 Å². The van der Waals surface area contributed by atoms with E-state index >= 15 is 0 Å². The van der Waals surface area contributed by atoms with Gasteiger partial charge in [-0.25, -0.2) is 9.97 Å². The van der Waals surface area contributed by atoms with Crippen LogP contribution in [0.25, 0.3) is 16.7 Å². The zero-order chi connectivity index (χ0) is 28.1. The lowest BCUT2D eigenvalue weighted by atomic mass is 9.93. The Hall–Kier alpha value is -3.83. The van der Waals surface area contributed by atoms with Gasteiger partial charge in [-0.15, -0.1) is 5.10 Å². The van der Waals surface area contributed by atoms with Crippen molar-refractivity contribution in [3.63, 3.8) is 0 Å². The predicted octanol–water partition coefficient (Wildman–Crippen LogP) is 4.52. The predicted molar refractivity (Wildman–Crippen MR) is 160 cm³/mol. The number of nitrogen functional groups attached to an aromatic ring is 1. The summed E-state index contributed by atoms with van der Waals surface area (Å²) in [5.41, 5.74) is 8.76. The minimum absolute atomic E-state index is 0.179. The van der Waals surface area contributed by atoms with Crippen LogP contribution in [0.15, 0.2) is 36.7 Å². The average Bonchev–Trinajstić information content (AvgIpc) is 3.72. The van der Waals surface area contributed by atoms with Gasteiger partial charge in [-0.1, -0.05) is 18.0 Å². The number of methoxy groups -OCH3 is 2. The molecule has 1 saturated heterocycles. The van der Waals surface area contributed by atoms with Crippen LogP contribution in [0.5, 0.6) is 11.5 Å². The Bertz CT molecular complexity index is 1590. The maximum Gasteiger partial charge on any atom is 0.248 e.